The van der Waals surface area contributed by atoms with Crippen molar-refractivity contribution in [2.24, 2.45) is 5.73 Å². The molecule has 0 heterocycles. The van der Waals surface area contributed by atoms with Crippen molar-refractivity contribution >= 4 is 19.8 Å². The molecule has 0 amide bonds. The van der Waals surface area contributed by atoms with Gasteiger partial charge < -0.3 is 20.1 Å². The number of phosphoric acid groups is 1. The van der Waals surface area contributed by atoms with E-state index in [0.29, 0.717) is 12.8 Å². The van der Waals surface area contributed by atoms with Crippen LogP contribution in [-0.2, 0) is 32.7 Å². The Bertz CT molecular complexity index is 1020. The second kappa shape index (κ2) is 37.5. The standard InChI is InChI=1S/C41H72NO8P/c1-3-5-7-9-11-13-15-16-17-18-19-20-21-22-24-25-27-29-31-33-40(43)47-37-39(38-49-51(45,46)48-36-35-42)50-41(44)34-32-30-28-26-23-14-12-10-8-6-4-2/h10-13,16-17,19-20,22,24,39H,3-9,14-15,18,21,23,25-38,42H2,1-2H3,(H,45,46). The highest BCUT2D eigenvalue weighted by Crippen LogP contribution is 2.43. The number of allylic oxidation sites excluding steroid dienone is 10. The van der Waals surface area contributed by atoms with Crippen molar-refractivity contribution in [3.63, 3.8) is 0 Å². The molecule has 0 radical (unpaired) electrons. The number of nitrogens with two attached hydrogens (primary N) is 1. The van der Waals surface area contributed by atoms with Crippen LogP contribution in [0.2, 0.25) is 0 Å². The van der Waals surface area contributed by atoms with Crippen LogP contribution < -0.4 is 5.73 Å². The summed E-state index contributed by atoms with van der Waals surface area (Å²) < 4.78 is 32.6. The van der Waals surface area contributed by atoms with Gasteiger partial charge in [-0.3, -0.25) is 18.6 Å². The summed E-state index contributed by atoms with van der Waals surface area (Å²) in [4.78, 5) is 34.7. The molecule has 0 bridgehead atoms. The third kappa shape index (κ3) is 37.3. The molecular weight excluding hydrogens is 665 g/mol. The van der Waals surface area contributed by atoms with Gasteiger partial charge in [0.2, 0.25) is 0 Å². The molecule has 9 nitrogen and oxygen atoms in total. The van der Waals surface area contributed by atoms with E-state index in [4.69, 9.17) is 24.3 Å². The Hall–Kier alpha value is -2.29. The zero-order valence-electron chi connectivity index (χ0n) is 32.1. The summed E-state index contributed by atoms with van der Waals surface area (Å²) in [5.41, 5.74) is 5.33. The van der Waals surface area contributed by atoms with Crippen LogP contribution in [0.1, 0.15) is 155 Å². The number of carbonyl (C=O) groups excluding carboxylic acids is 2. The smallest absolute Gasteiger partial charge is 0.462 e. The zero-order chi connectivity index (χ0) is 37.5. The summed E-state index contributed by atoms with van der Waals surface area (Å²) in [7, 11) is -4.38. The van der Waals surface area contributed by atoms with E-state index in [-0.39, 0.29) is 32.6 Å². The van der Waals surface area contributed by atoms with Gasteiger partial charge in [-0.05, 0) is 77.0 Å². The van der Waals surface area contributed by atoms with E-state index in [1.54, 1.807) is 0 Å². The Balaban J connectivity index is 4.26. The lowest BCUT2D eigenvalue weighted by Gasteiger charge is -2.19. The third-order valence-corrected chi connectivity index (χ3v) is 8.86. The summed E-state index contributed by atoms with van der Waals surface area (Å²) in [5.74, 6) is -0.883. The van der Waals surface area contributed by atoms with Crippen molar-refractivity contribution in [1.29, 1.82) is 0 Å². The Kier molecular flexibility index (Phi) is 35.8. The molecule has 0 saturated heterocycles. The average Bonchev–Trinajstić information content (AvgIpc) is 3.11. The van der Waals surface area contributed by atoms with Crippen molar-refractivity contribution < 1.29 is 37.6 Å². The van der Waals surface area contributed by atoms with Gasteiger partial charge in [0.25, 0.3) is 0 Å². The number of hydrogen-bond acceptors (Lipinski definition) is 8. The predicted molar refractivity (Wildman–Crippen MR) is 210 cm³/mol. The van der Waals surface area contributed by atoms with Crippen LogP contribution in [0.5, 0.6) is 0 Å². The van der Waals surface area contributed by atoms with Crippen molar-refractivity contribution in [3.05, 3.63) is 60.8 Å². The number of carbonyl (C=O) groups is 2. The monoisotopic (exact) mass is 737 g/mol. The van der Waals surface area contributed by atoms with Gasteiger partial charge in [-0.25, -0.2) is 4.57 Å². The van der Waals surface area contributed by atoms with Gasteiger partial charge in [0.05, 0.1) is 13.2 Å². The number of unbranched alkanes of at least 4 members (excludes halogenated alkanes) is 13. The van der Waals surface area contributed by atoms with Gasteiger partial charge in [-0.1, -0.05) is 126 Å². The summed E-state index contributed by atoms with van der Waals surface area (Å²) in [5, 5.41) is 0. The van der Waals surface area contributed by atoms with Gasteiger partial charge in [0, 0.05) is 19.4 Å². The Morgan fingerprint density at radius 3 is 1.61 bits per heavy atom. The first-order valence-corrected chi connectivity index (χ1v) is 21.3. The van der Waals surface area contributed by atoms with Crippen molar-refractivity contribution in [3.8, 4) is 0 Å². The first-order chi connectivity index (χ1) is 24.8. The molecule has 10 heteroatoms. The van der Waals surface area contributed by atoms with Gasteiger partial charge >= 0.3 is 19.8 Å². The van der Waals surface area contributed by atoms with Crippen LogP contribution in [0.3, 0.4) is 0 Å². The molecular formula is C41H72NO8P. The molecule has 0 fully saturated rings. The van der Waals surface area contributed by atoms with E-state index in [2.05, 4.69) is 74.6 Å². The van der Waals surface area contributed by atoms with E-state index in [1.807, 2.05) is 0 Å². The maximum absolute atomic E-state index is 12.5. The lowest BCUT2D eigenvalue weighted by molar-refractivity contribution is -0.161. The first-order valence-electron chi connectivity index (χ1n) is 19.8. The molecule has 0 spiro atoms. The molecule has 0 aliphatic rings. The van der Waals surface area contributed by atoms with Crippen LogP contribution in [0.15, 0.2) is 60.8 Å². The molecule has 0 aromatic rings. The molecule has 3 N–H and O–H groups in total. The molecule has 294 valence electrons. The van der Waals surface area contributed by atoms with E-state index in [1.165, 1.54) is 38.5 Å². The van der Waals surface area contributed by atoms with E-state index in [0.717, 1.165) is 77.0 Å². The first kappa shape index (κ1) is 48.7. The minimum atomic E-state index is -4.38. The highest BCUT2D eigenvalue weighted by atomic mass is 31.2. The maximum atomic E-state index is 12.5. The number of esters is 2. The Labute approximate surface area is 310 Å². The van der Waals surface area contributed by atoms with Crippen LogP contribution in [-0.4, -0.2) is 49.3 Å². The normalized spacial score (nSPS) is 14.0. The van der Waals surface area contributed by atoms with Crippen LogP contribution in [0.25, 0.3) is 0 Å². The molecule has 0 aromatic carbocycles. The van der Waals surface area contributed by atoms with Gasteiger partial charge in [-0.2, -0.15) is 0 Å². The van der Waals surface area contributed by atoms with E-state index < -0.39 is 32.5 Å². The molecule has 0 rings (SSSR count). The molecule has 2 atom stereocenters. The van der Waals surface area contributed by atoms with Crippen molar-refractivity contribution in [2.75, 3.05) is 26.4 Å². The van der Waals surface area contributed by atoms with Gasteiger partial charge in [0.15, 0.2) is 6.10 Å². The van der Waals surface area contributed by atoms with E-state index >= 15 is 0 Å². The minimum absolute atomic E-state index is 0.0448. The molecule has 0 aliphatic carbocycles. The number of rotatable bonds is 36. The fourth-order valence-electron chi connectivity index (χ4n) is 4.89. The average molecular weight is 738 g/mol. The van der Waals surface area contributed by atoms with Crippen LogP contribution >= 0.6 is 7.82 Å². The van der Waals surface area contributed by atoms with Crippen molar-refractivity contribution in [2.45, 2.75) is 161 Å². The molecule has 51 heavy (non-hydrogen) atoms. The maximum Gasteiger partial charge on any atom is 0.472 e. The molecule has 0 saturated carbocycles. The van der Waals surface area contributed by atoms with Crippen LogP contribution in [0.4, 0.5) is 0 Å². The molecule has 2 unspecified atom stereocenters. The Morgan fingerprint density at radius 1 is 0.588 bits per heavy atom. The molecule has 0 aliphatic heterocycles. The largest absolute Gasteiger partial charge is 0.472 e. The number of phosphoric ester groups is 1. The van der Waals surface area contributed by atoms with Crippen molar-refractivity contribution in [1.82, 2.24) is 0 Å². The highest BCUT2D eigenvalue weighted by Gasteiger charge is 2.25. The fourth-order valence-corrected chi connectivity index (χ4v) is 5.66. The quantitative estimate of drug-likeness (QED) is 0.0279. The second-order valence-corrected chi connectivity index (χ2v) is 14.2. The van der Waals surface area contributed by atoms with E-state index in [9.17, 15) is 19.0 Å². The Morgan fingerprint density at radius 2 is 1.04 bits per heavy atom. The number of ether oxygens (including phenoxy) is 2. The van der Waals surface area contributed by atoms with Gasteiger partial charge in [-0.15, -0.1) is 0 Å². The van der Waals surface area contributed by atoms with Gasteiger partial charge in [0.1, 0.15) is 6.61 Å². The topological polar surface area (TPSA) is 134 Å². The van der Waals surface area contributed by atoms with Crippen LogP contribution in [0, 0.1) is 0 Å². The highest BCUT2D eigenvalue weighted by molar-refractivity contribution is 7.47. The summed E-state index contributed by atoms with van der Waals surface area (Å²) in [6, 6.07) is 0. The zero-order valence-corrected chi connectivity index (χ0v) is 33.0. The summed E-state index contributed by atoms with van der Waals surface area (Å²) >= 11 is 0. The minimum Gasteiger partial charge on any atom is -0.462 e. The lowest BCUT2D eigenvalue weighted by Crippen LogP contribution is -2.29. The predicted octanol–water partition coefficient (Wildman–Crippen LogP) is 10.9. The fraction of sp³-hybridized carbons (Fsp3) is 0.707. The second-order valence-electron chi connectivity index (χ2n) is 12.8. The summed E-state index contributed by atoms with van der Waals surface area (Å²) in [6.07, 6.45) is 42.5. The molecule has 0 aromatic heterocycles. The third-order valence-electron chi connectivity index (χ3n) is 7.88. The SMILES string of the molecule is CCCCC=CCCCCCCCC(=O)OC(COC(=O)CCCCCC=CCC=CCC=CCC=CCCCCC)COP(=O)(O)OCCN. The summed E-state index contributed by atoms with van der Waals surface area (Å²) in [6.45, 7) is 3.59. The number of hydrogen-bond donors (Lipinski definition) is 2. The lowest BCUT2D eigenvalue weighted by atomic mass is 10.1.